The van der Waals surface area contributed by atoms with Gasteiger partial charge in [-0.1, -0.05) is 6.07 Å². The maximum Gasteiger partial charge on any atom is 0.536 e. The summed E-state index contributed by atoms with van der Waals surface area (Å²) in [6.07, 6.45) is 0.418. The molecule has 146 valence electrons. The van der Waals surface area contributed by atoms with Crippen LogP contribution in [0.1, 0.15) is 15.9 Å². The molecular formula is C17H23BN2O6S. The fourth-order valence-electron chi connectivity index (χ4n) is 3.26. The molecule has 2 aliphatic rings. The van der Waals surface area contributed by atoms with E-state index in [9.17, 15) is 19.7 Å². The van der Waals surface area contributed by atoms with E-state index in [1.54, 1.807) is 12.1 Å². The number of methoxy groups -OCH3 is 1. The lowest BCUT2D eigenvalue weighted by molar-refractivity contribution is -0.129. The summed E-state index contributed by atoms with van der Waals surface area (Å²) in [6, 6.07) is 3.32. The van der Waals surface area contributed by atoms with Crippen molar-refractivity contribution < 1.29 is 29.1 Å². The number of fused-ring (bicyclic) bond motifs is 1. The Kier molecular flexibility index (Phi) is 6.18. The molecule has 2 heterocycles. The number of thioether (sulfide) groups is 1. The molecule has 2 N–H and O–H groups in total. The summed E-state index contributed by atoms with van der Waals surface area (Å²) in [7, 11) is 2.23. The third-order valence-electron chi connectivity index (χ3n) is 4.89. The number of hydrogen-bond acceptors (Lipinski definition) is 7. The maximum absolute atomic E-state index is 12.4. The first-order valence-corrected chi connectivity index (χ1v) is 9.81. The predicted molar refractivity (Wildman–Crippen MR) is 103 cm³/mol. The van der Waals surface area contributed by atoms with E-state index in [0.717, 1.165) is 13.1 Å². The summed E-state index contributed by atoms with van der Waals surface area (Å²) < 4.78 is 10.6. The average Bonchev–Trinajstić information content (AvgIpc) is 2.65. The van der Waals surface area contributed by atoms with E-state index in [1.807, 2.05) is 11.9 Å². The summed E-state index contributed by atoms with van der Waals surface area (Å²) in [6.45, 7) is 3.14. The van der Waals surface area contributed by atoms with Crippen molar-refractivity contribution in [3.63, 3.8) is 0 Å². The minimum absolute atomic E-state index is 0.0482. The number of piperazine rings is 1. The van der Waals surface area contributed by atoms with E-state index in [4.69, 9.17) is 9.39 Å². The third kappa shape index (κ3) is 4.33. The minimum atomic E-state index is -1.19. The van der Waals surface area contributed by atoms with Gasteiger partial charge in [0.25, 0.3) is 0 Å². The molecule has 0 spiro atoms. The zero-order valence-electron chi connectivity index (χ0n) is 15.4. The first-order chi connectivity index (χ1) is 12.9. The summed E-state index contributed by atoms with van der Waals surface area (Å²) in [5.41, 5.74) is 0.592. The van der Waals surface area contributed by atoms with E-state index in [1.165, 1.54) is 18.9 Å². The Morgan fingerprint density at radius 3 is 2.67 bits per heavy atom. The van der Waals surface area contributed by atoms with Gasteiger partial charge in [0, 0.05) is 26.2 Å². The van der Waals surface area contributed by atoms with Crippen molar-refractivity contribution in [3.05, 3.63) is 23.3 Å². The number of ether oxygens (including phenoxy) is 1. The number of nitrogens with zero attached hydrogens (tertiary/aromatic N) is 2. The molecule has 3 rings (SSSR count). The van der Waals surface area contributed by atoms with Crippen LogP contribution >= 0.6 is 11.8 Å². The van der Waals surface area contributed by atoms with Crippen LogP contribution in [-0.2, 0) is 11.2 Å². The fraction of sp³-hybridized carbons (Fsp3) is 0.529. The Balaban J connectivity index is 1.66. The second-order valence-corrected chi connectivity index (χ2v) is 7.91. The molecule has 1 aromatic rings. The highest BCUT2D eigenvalue weighted by molar-refractivity contribution is 8.01. The monoisotopic (exact) mass is 394 g/mol. The van der Waals surface area contributed by atoms with Crippen LogP contribution in [0.5, 0.6) is 11.5 Å². The van der Waals surface area contributed by atoms with Crippen molar-refractivity contribution >= 4 is 30.8 Å². The SMILES string of the molecule is COc1ccc2c(c1C(=O)O)OB(O)[C@@H](SCC(=O)N1CCN(C)CC1)C2. The van der Waals surface area contributed by atoms with Gasteiger partial charge in [0.15, 0.2) is 0 Å². The molecule has 1 fully saturated rings. The van der Waals surface area contributed by atoms with E-state index < -0.39 is 13.1 Å². The molecule has 1 saturated heterocycles. The lowest BCUT2D eigenvalue weighted by Crippen LogP contribution is -2.48. The molecule has 1 amide bonds. The van der Waals surface area contributed by atoms with E-state index >= 15 is 0 Å². The Bertz CT molecular complexity index is 726. The number of carboxylic acid groups (broad SMARTS) is 1. The quantitative estimate of drug-likeness (QED) is 0.685. The maximum atomic E-state index is 12.4. The molecule has 0 radical (unpaired) electrons. The van der Waals surface area contributed by atoms with Crippen LogP contribution in [0.2, 0.25) is 0 Å². The zero-order chi connectivity index (χ0) is 19.6. The van der Waals surface area contributed by atoms with Crippen LogP contribution in [-0.4, -0.2) is 90.2 Å². The van der Waals surface area contributed by atoms with Crippen molar-refractivity contribution in [1.82, 2.24) is 9.80 Å². The van der Waals surface area contributed by atoms with Crippen molar-refractivity contribution in [2.45, 2.75) is 11.6 Å². The summed E-state index contributed by atoms with van der Waals surface area (Å²) in [5.74, 6) is -0.549. The standard InChI is InChI=1S/C17H23BN2O6S/c1-19-5-7-20(8-6-19)14(21)10-27-13-9-11-3-4-12(25-2)15(17(22)23)16(11)26-18(13)24/h3-4,13,24H,5-10H2,1-2H3,(H,22,23)/t13-/m0/s1. The second kappa shape index (κ2) is 8.41. The van der Waals surface area contributed by atoms with Crippen LogP contribution < -0.4 is 9.39 Å². The number of rotatable bonds is 5. The third-order valence-corrected chi connectivity index (χ3v) is 6.13. The molecule has 0 unspecified atom stereocenters. The lowest BCUT2D eigenvalue weighted by Gasteiger charge is -2.33. The minimum Gasteiger partial charge on any atom is -0.534 e. The molecule has 1 atom stereocenters. The van der Waals surface area contributed by atoms with Crippen molar-refractivity contribution in [2.75, 3.05) is 46.1 Å². The van der Waals surface area contributed by atoms with Gasteiger partial charge in [0.1, 0.15) is 17.1 Å². The van der Waals surface area contributed by atoms with Crippen LogP contribution in [0.15, 0.2) is 12.1 Å². The highest BCUT2D eigenvalue weighted by atomic mass is 32.2. The van der Waals surface area contributed by atoms with Gasteiger partial charge in [-0.2, -0.15) is 0 Å². The number of benzene rings is 1. The molecular weight excluding hydrogens is 371 g/mol. The first-order valence-electron chi connectivity index (χ1n) is 8.76. The Labute approximate surface area is 162 Å². The second-order valence-electron chi connectivity index (χ2n) is 6.68. The van der Waals surface area contributed by atoms with Gasteiger partial charge in [0.2, 0.25) is 5.91 Å². The predicted octanol–water partition coefficient (Wildman–Crippen LogP) is 0.224. The van der Waals surface area contributed by atoms with Crippen LogP contribution in [0, 0.1) is 0 Å². The molecule has 1 aromatic carbocycles. The molecule has 10 heteroatoms. The number of likely N-dealkylation sites (N-methyl/N-ethyl adjacent to an activating group) is 1. The summed E-state index contributed by atoms with van der Waals surface area (Å²) >= 11 is 1.34. The van der Waals surface area contributed by atoms with Gasteiger partial charge >= 0.3 is 13.1 Å². The Morgan fingerprint density at radius 1 is 1.33 bits per heavy atom. The van der Waals surface area contributed by atoms with Gasteiger partial charge in [0.05, 0.1) is 18.0 Å². The summed E-state index contributed by atoms with van der Waals surface area (Å²) in [4.78, 5) is 28.0. The van der Waals surface area contributed by atoms with Crippen molar-refractivity contribution in [1.29, 1.82) is 0 Å². The van der Waals surface area contributed by atoms with Crippen molar-refractivity contribution in [3.8, 4) is 11.5 Å². The van der Waals surface area contributed by atoms with Gasteiger partial charge in [-0.05, 0) is 25.1 Å². The van der Waals surface area contributed by atoms with Crippen molar-refractivity contribution in [2.24, 2.45) is 0 Å². The van der Waals surface area contributed by atoms with Crippen LogP contribution in [0.4, 0.5) is 0 Å². The van der Waals surface area contributed by atoms with E-state index in [2.05, 4.69) is 4.90 Å². The Morgan fingerprint density at radius 2 is 2.04 bits per heavy atom. The summed E-state index contributed by atoms with van der Waals surface area (Å²) in [5, 5.41) is 19.4. The van der Waals surface area contributed by atoms with Gasteiger partial charge in [-0.25, -0.2) is 4.79 Å². The molecule has 0 bridgehead atoms. The smallest absolute Gasteiger partial charge is 0.534 e. The molecule has 2 aliphatic heterocycles. The number of carbonyl (C=O) groups excluding carboxylic acids is 1. The molecule has 0 aliphatic carbocycles. The number of amides is 1. The fourth-order valence-corrected chi connectivity index (χ4v) is 4.31. The molecule has 0 saturated carbocycles. The van der Waals surface area contributed by atoms with E-state index in [0.29, 0.717) is 25.1 Å². The Hall–Kier alpha value is -1.91. The number of hydrogen-bond donors (Lipinski definition) is 2. The van der Waals surface area contributed by atoms with Gasteiger partial charge < -0.3 is 29.3 Å². The van der Waals surface area contributed by atoms with Crippen LogP contribution in [0.25, 0.3) is 0 Å². The molecule has 8 nitrogen and oxygen atoms in total. The van der Waals surface area contributed by atoms with Crippen LogP contribution in [0.3, 0.4) is 0 Å². The number of aromatic carboxylic acids is 1. The highest BCUT2D eigenvalue weighted by Gasteiger charge is 2.38. The largest absolute Gasteiger partial charge is 0.536 e. The van der Waals surface area contributed by atoms with Gasteiger partial charge in [-0.15, -0.1) is 11.8 Å². The van der Waals surface area contributed by atoms with E-state index in [-0.39, 0.29) is 33.9 Å². The first kappa shape index (κ1) is 19.8. The molecule has 0 aromatic heterocycles. The lowest BCUT2D eigenvalue weighted by atomic mass is 9.77. The normalized spacial score (nSPS) is 20.0. The number of carboxylic acids is 1. The molecule has 27 heavy (non-hydrogen) atoms. The van der Waals surface area contributed by atoms with Gasteiger partial charge in [-0.3, -0.25) is 4.79 Å². The zero-order valence-corrected chi connectivity index (χ0v) is 16.2. The average molecular weight is 394 g/mol. The highest BCUT2D eigenvalue weighted by Crippen LogP contribution is 2.38. The topological polar surface area (TPSA) is 99.5 Å². The number of carbonyl (C=O) groups is 2.